The average molecular weight is 386 g/mol. The van der Waals surface area contributed by atoms with E-state index in [1.807, 2.05) is 4.57 Å². The Hall–Kier alpha value is -3.00. The van der Waals surface area contributed by atoms with E-state index in [9.17, 15) is 19.7 Å². The van der Waals surface area contributed by atoms with Crippen molar-refractivity contribution < 1.29 is 19.2 Å². The SMILES string of the molecule is CCOC(=O)c1cn(CC2CCOCC2)cc(-c2ccc([N+](=O)[O-])cc2)c1=O. The number of benzene rings is 1. The summed E-state index contributed by atoms with van der Waals surface area (Å²) in [4.78, 5) is 35.5. The minimum atomic E-state index is -0.669. The first-order chi connectivity index (χ1) is 13.5. The maximum atomic E-state index is 12.9. The summed E-state index contributed by atoms with van der Waals surface area (Å²) in [5.74, 6) is -0.284. The summed E-state index contributed by atoms with van der Waals surface area (Å²) in [7, 11) is 0. The van der Waals surface area contributed by atoms with Gasteiger partial charge in [-0.25, -0.2) is 4.79 Å². The minimum absolute atomic E-state index is 0.0373. The molecule has 0 N–H and O–H groups in total. The summed E-state index contributed by atoms with van der Waals surface area (Å²) in [6.07, 6.45) is 5.05. The third-order valence-electron chi connectivity index (χ3n) is 4.77. The number of carbonyl (C=O) groups is 1. The molecule has 1 saturated heterocycles. The summed E-state index contributed by atoms with van der Waals surface area (Å²) in [5, 5.41) is 10.9. The van der Waals surface area contributed by atoms with E-state index in [1.165, 1.54) is 30.5 Å². The Balaban J connectivity index is 2.02. The molecular weight excluding hydrogens is 364 g/mol. The third kappa shape index (κ3) is 4.45. The lowest BCUT2D eigenvalue weighted by molar-refractivity contribution is -0.384. The fourth-order valence-electron chi connectivity index (χ4n) is 3.29. The van der Waals surface area contributed by atoms with Crippen molar-refractivity contribution >= 4 is 11.7 Å². The van der Waals surface area contributed by atoms with Gasteiger partial charge in [-0.3, -0.25) is 14.9 Å². The molecule has 0 amide bonds. The number of esters is 1. The van der Waals surface area contributed by atoms with Gasteiger partial charge in [-0.05, 0) is 43.4 Å². The molecule has 3 rings (SSSR count). The number of rotatable bonds is 6. The van der Waals surface area contributed by atoms with Crippen molar-refractivity contribution in [3.8, 4) is 11.1 Å². The molecule has 8 heteroatoms. The van der Waals surface area contributed by atoms with Crippen molar-refractivity contribution in [3.05, 3.63) is 62.6 Å². The lowest BCUT2D eigenvalue weighted by atomic mass is 9.99. The molecule has 1 fully saturated rings. The molecule has 0 aliphatic carbocycles. The standard InChI is InChI=1S/C20H22N2O6/c1-2-28-20(24)18-13-21(11-14-7-9-27-10-8-14)12-17(19(18)23)15-3-5-16(6-4-15)22(25)26/h3-6,12-14H,2,7-11H2,1H3. The molecule has 1 aromatic carbocycles. The summed E-state index contributed by atoms with van der Waals surface area (Å²) in [6, 6.07) is 5.72. The molecule has 0 spiro atoms. The van der Waals surface area contributed by atoms with Gasteiger partial charge in [0.25, 0.3) is 5.69 Å². The summed E-state index contributed by atoms with van der Waals surface area (Å²) < 4.78 is 12.3. The van der Waals surface area contributed by atoms with Gasteiger partial charge in [0.05, 0.1) is 11.5 Å². The van der Waals surface area contributed by atoms with Gasteiger partial charge in [0, 0.05) is 49.8 Å². The molecule has 2 heterocycles. The second-order valence-electron chi connectivity index (χ2n) is 6.69. The van der Waals surface area contributed by atoms with Crippen LogP contribution in [0.15, 0.2) is 41.5 Å². The Bertz CT molecular complexity index is 913. The maximum Gasteiger partial charge on any atom is 0.343 e. The first-order valence-corrected chi connectivity index (χ1v) is 9.23. The summed E-state index contributed by atoms with van der Waals surface area (Å²) in [6.45, 7) is 3.89. The van der Waals surface area contributed by atoms with Crippen LogP contribution in [0.25, 0.3) is 11.1 Å². The third-order valence-corrected chi connectivity index (χ3v) is 4.77. The Labute approximate surface area is 161 Å². The van der Waals surface area contributed by atoms with E-state index in [0.717, 1.165) is 12.8 Å². The number of nitro benzene ring substituents is 1. The number of carbonyl (C=O) groups excluding carboxylic acids is 1. The zero-order chi connectivity index (χ0) is 20.1. The number of ether oxygens (including phenoxy) is 2. The number of non-ortho nitro benzene ring substituents is 1. The zero-order valence-corrected chi connectivity index (χ0v) is 15.6. The predicted octanol–water partition coefficient (Wildman–Crippen LogP) is 3.03. The minimum Gasteiger partial charge on any atom is -0.462 e. The number of pyridine rings is 1. The molecule has 148 valence electrons. The fraction of sp³-hybridized carbons (Fsp3) is 0.400. The molecule has 1 aromatic heterocycles. The van der Waals surface area contributed by atoms with Crippen molar-refractivity contribution in [2.24, 2.45) is 5.92 Å². The van der Waals surface area contributed by atoms with Gasteiger partial charge in [-0.1, -0.05) is 0 Å². The molecule has 0 bridgehead atoms. The molecule has 2 aromatic rings. The van der Waals surface area contributed by atoms with Crippen LogP contribution >= 0.6 is 0 Å². The van der Waals surface area contributed by atoms with Crippen LogP contribution in [0, 0.1) is 16.0 Å². The van der Waals surface area contributed by atoms with Crippen LogP contribution in [-0.4, -0.2) is 35.3 Å². The highest BCUT2D eigenvalue weighted by molar-refractivity contribution is 5.90. The van der Waals surface area contributed by atoms with E-state index < -0.39 is 16.3 Å². The lowest BCUT2D eigenvalue weighted by Crippen LogP contribution is -2.25. The van der Waals surface area contributed by atoms with E-state index >= 15 is 0 Å². The molecule has 0 atom stereocenters. The molecular formula is C20H22N2O6. The van der Waals surface area contributed by atoms with Crippen LogP contribution in [0.5, 0.6) is 0 Å². The number of nitro groups is 1. The van der Waals surface area contributed by atoms with Gasteiger partial charge in [0.2, 0.25) is 5.43 Å². The normalized spacial score (nSPS) is 14.6. The summed E-state index contributed by atoms with van der Waals surface area (Å²) >= 11 is 0. The Morgan fingerprint density at radius 1 is 1.25 bits per heavy atom. The highest BCUT2D eigenvalue weighted by atomic mass is 16.6. The van der Waals surface area contributed by atoms with Crippen LogP contribution < -0.4 is 5.43 Å². The lowest BCUT2D eigenvalue weighted by Gasteiger charge is -2.23. The quantitative estimate of drug-likeness (QED) is 0.430. The number of nitrogens with zero attached hydrogens (tertiary/aromatic N) is 2. The van der Waals surface area contributed by atoms with E-state index in [4.69, 9.17) is 9.47 Å². The molecule has 1 aliphatic rings. The van der Waals surface area contributed by atoms with E-state index in [1.54, 1.807) is 13.1 Å². The van der Waals surface area contributed by atoms with Gasteiger partial charge in [-0.15, -0.1) is 0 Å². The Morgan fingerprint density at radius 3 is 2.54 bits per heavy atom. The molecule has 1 aliphatic heterocycles. The first-order valence-electron chi connectivity index (χ1n) is 9.23. The van der Waals surface area contributed by atoms with E-state index in [2.05, 4.69) is 0 Å². The van der Waals surface area contributed by atoms with Crippen molar-refractivity contribution in [3.63, 3.8) is 0 Å². The molecule has 0 radical (unpaired) electrons. The van der Waals surface area contributed by atoms with Gasteiger partial charge in [-0.2, -0.15) is 0 Å². The second-order valence-corrected chi connectivity index (χ2v) is 6.69. The molecule has 0 unspecified atom stereocenters. The fourth-order valence-corrected chi connectivity index (χ4v) is 3.29. The van der Waals surface area contributed by atoms with Crippen molar-refractivity contribution in [2.75, 3.05) is 19.8 Å². The number of aromatic nitrogens is 1. The number of hydrogen-bond donors (Lipinski definition) is 0. The second kappa shape index (κ2) is 8.79. The largest absolute Gasteiger partial charge is 0.462 e. The van der Waals surface area contributed by atoms with Crippen molar-refractivity contribution in [1.29, 1.82) is 0 Å². The van der Waals surface area contributed by atoms with Gasteiger partial charge in [0.15, 0.2) is 0 Å². The highest BCUT2D eigenvalue weighted by Crippen LogP contribution is 2.22. The smallest absolute Gasteiger partial charge is 0.343 e. The Kier molecular flexibility index (Phi) is 6.20. The molecule has 28 heavy (non-hydrogen) atoms. The van der Waals surface area contributed by atoms with Crippen LogP contribution in [0.3, 0.4) is 0 Å². The average Bonchev–Trinajstić information content (AvgIpc) is 2.70. The van der Waals surface area contributed by atoms with E-state index in [-0.39, 0.29) is 17.9 Å². The Morgan fingerprint density at radius 2 is 1.93 bits per heavy atom. The predicted molar refractivity (Wildman–Crippen MR) is 102 cm³/mol. The first kappa shape index (κ1) is 19.8. The van der Waals surface area contributed by atoms with Gasteiger partial charge < -0.3 is 14.0 Å². The molecule has 0 saturated carbocycles. The van der Waals surface area contributed by atoms with Crippen LogP contribution in [0.1, 0.15) is 30.1 Å². The molecule has 8 nitrogen and oxygen atoms in total. The van der Waals surface area contributed by atoms with Gasteiger partial charge in [0.1, 0.15) is 5.56 Å². The van der Waals surface area contributed by atoms with Crippen LogP contribution in [0.2, 0.25) is 0 Å². The van der Waals surface area contributed by atoms with Crippen molar-refractivity contribution in [1.82, 2.24) is 4.57 Å². The monoisotopic (exact) mass is 386 g/mol. The highest BCUT2D eigenvalue weighted by Gasteiger charge is 2.20. The maximum absolute atomic E-state index is 12.9. The topological polar surface area (TPSA) is 101 Å². The van der Waals surface area contributed by atoms with Crippen LogP contribution in [0.4, 0.5) is 5.69 Å². The van der Waals surface area contributed by atoms with E-state index in [0.29, 0.717) is 36.8 Å². The number of hydrogen-bond acceptors (Lipinski definition) is 6. The van der Waals surface area contributed by atoms with Crippen molar-refractivity contribution in [2.45, 2.75) is 26.3 Å². The van der Waals surface area contributed by atoms with Gasteiger partial charge >= 0.3 is 5.97 Å². The zero-order valence-electron chi connectivity index (χ0n) is 15.6. The van der Waals surface area contributed by atoms with Crippen LogP contribution in [-0.2, 0) is 16.0 Å². The summed E-state index contributed by atoms with van der Waals surface area (Å²) in [5.41, 5.74) is 0.281.